The zero-order valence-corrected chi connectivity index (χ0v) is 38.4. The van der Waals surface area contributed by atoms with Crippen LogP contribution >= 0.6 is 0 Å². The van der Waals surface area contributed by atoms with Crippen LogP contribution in [0.15, 0.2) is 76.2 Å². The van der Waals surface area contributed by atoms with E-state index in [1.165, 1.54) is 66.2 Å². The first-order valence-electron chi connectivity index (χ1n) is 15.8. The van der Waals surface area contributed by atoms with Crippen LogP contribution in [0.3, 0.4) is 0 Å². The summed E-state index contributed by atoms with van der Waals surface area (Å²) in [7, 11) is -11.6. The van der Waals surface area contributed by atoms with E-state index in [0.29, 0.717) is 0 Å². The van der Waals surface area contributed by atoms with Crippen LogP contribution in [0.25, 0.3) is 0 Å². The van der Waals surface area contributed by atoms with E-state index in [1.54, 1.807) is 0 Å². The van der Waals surface area contributed by atoms with Crippen LogP contribution in [0.4, 0.5) is 22.7 Å². The molecule has 0 spiro atoms. The Labute approximate surface area is 371 Å². The molecule has 0 fully saturated rings. The van der Waals surface area contributed by atoms with Gasteiger partial charge in [-0.1, -0.05) is 0 Å². The summed E-state index contributed by atoms with van der Waals surface area (Å²) in [5, 5.41) is 36.8. The van der Waals surface area contributed by atoms with Crippen molar-refractivity contribution in [2.24, 2.45) is 20.5 Å². The first kappa shape index (κ1) is 49.7. The Morgan fingerprint density at radius 2 is 0.965 bits per heavy atom. The van der Waals surface area contributed by atoms with Crippen molar-refractivity contribution in [3.8, 4) is 23.3 Å². The average Bonchev–Trinajstić information content (AvgIpc) is 3.11. The molecule has 20 nitrogen and oxygen atoms in total. The number of sulfone groups is 1. The first-order chi connectivity index (χ1) is 25.6. The topological polar surface area (TPSA) is 301 Å². The van der Waals surface area contributed by atoms with Crippen molar-refractivity contribution in [3.05, 3.63) is 79.4 Å². The fourth-order valence-electron chi connectivity index (χ4n) is 5.40. The Bertz CT molecular complexity index is 2540. The third kappa shape index (κ3) is 11.0. The molecule has 0 aliphatic carbocycles. The SMILES string of the molecule is CCn1c(O)c(CS(=O)(=O)[O-])c(C)c(N=Nc2ccc(S(=O)(=O)c3ccc(N=Nc4c(C)c(CS(=O)(=O)[O-])c(O)n(CC)c4=O)c(OC)c3)cc2OC)c1=O.[Na+].[Na+]. The van der Waals surface area contributed by atoms with Crippen molar-refractivity contribution in [1.29, 1.82) is 0 Å². The van der Waals surface area contributed by atoms with Gasteiger partial charge in [0.15, 0.2) is 23.1 Å². The van der Waals surface area contributed by atoms with Gasteiger partial charge < -0.3 is 28.8 Å². The van der Waals surface area contributed by atoms with Crippen molar-refractivity contribution in [2.75, 3.05) is 14.2 Å². The smallest absolute Gasteiger partial charge is 0.748 e. The number of methoxy groups -OCH3 is 2. The maximum absolute atomic E-state index is 13.7. The predicted molar refractivity (Wildman–Crippen MR) is 192 cm³/mol. The summed E-state index contributed by atoms with van der Waals surface area (Å²) in [6, 6.07) is 7.03. The van der Waals surface area contributed by atoms with Crippen molar-refractivity contribution in [3.63, 3.8) is 0 Å². The van der Waals surface area contributed by atoms with E-state index >= 15 is 0 Å². The second kappa shape index (κ2) is 19.5. The van der Waals surface area contributed by atoms with E-state index < -0.39 is 64.5 Å². The molecule has 0 amide bonds. The van der Waals surface area contributed by atoms with Crippen molar-refractivity contribution < 1.29 is 113 Å². The molecule has 0 aliphatic rings. The van der Waals surface area contributed by atoms with Crippen molar-refractivity contribution in [1.82, 2.24) is 9.13 Å². The van der Waals surface area contributed by atoms with E-state index in [4.69, 9.17) is 9.47 Å². The molecule has 0 unspecified atom stereocenters. The molecule has 296 valence electrons. The summed E-state index contributed by atoms with van der Waals surface area (Å²) in [6.45, 7) is 5.36. The molecular formula is C32H34N6Na2O14S3. The molecule has 4 rings (SSSR count). The van der Waals surface area contributed by atoms with Crippen LogP contribution in [0.1, 0.15) is 36.1 Å². The Hall–Kier alpha value is -3.49. The minimum atomic E-state index is -4.87. The third-order valence-corrected chi connectivity index (χ3v) is 11.3. The largest absolute Gasteiger partial charge is 1.00 e. The average molecular weight is 869 g/mol. The minimum absolute atomic E-state index is 0. The molecule has 2 heterocycles. The summed E-state index contributed by atoms with van der Waals surface area (Å²) in [5.41, 5.74) is -3.42. The van der Waals surface area contributed by atoms with Crippen LogP contribution in [0, 0.1) is 13.8 Å². The van der Waals surface area contributed by atoms with Gasteiger partial charge in [-0.25, -0.2) is 25.3 Å². The van der Waals surface area contributed by atoms with Gasteiger partial charge in [-0.2, -0.15) is 0 Å². The van der Waals surface area contributed by atoms with E-state index in [0.717, 1.165) is 21.3 Å². The van der Waals surface area contributed by atoms with Gasteiger partial charge in [-0.15, -0.1) is 20.5 Å². The second-order valence-electron chi connectivity index (χ2n) is 11.6. The number of ether oxygens (including phenoxy) is 2. The van der Waals surface area contributed by atoms with Gasteiger partial charge in [0, 0.05) is 36.3 Å². The number of benzene rings is 2. The fraction of sp³-hybridized carbons (Fsp3) is 0.312. The third-order valence-electron chi connectivity index (χ3n) is 8.28. The van der Waals surface area contributed by atoms with Crippen molar-refractivity contribution >= 4 is 52.8 Å². The van der Waals surface area contributed by atoms with E-state index in [9.17, 15) is 54.2 Å². The molecular weight excluding hydrogens is 835 g/mol. The molecule has 0 atom stereocenters. The summed E-state index contributed by atoms with van der Waals surface area (Å²) >= 11 is 0. The molecule has 0 saturated carbocycles. The maximum Gasteiger partial charge on any atom is 1.00 e. The van der Waals surface area contributed by atoms with Gasteiger partial charge >= 0.3 is 59.1 Å². The molecule has 2 aromatic heterocycles. The fourth-order valence-corrected chi connectivity index (χ4v) is 8.09. The molecule has 2 aromatic carbocycles. The van der Waals surface area contributed by atoms with Crippen LogP contribution in [0.2, 0.25) is 0 Å². The standard InChI is InChI=1S/C32H36N6O14S3.2Na/c1-7-37-29(39)21(15-53(43,44)45)17(3)27(31(37)41)35-33-23-11-9-19(13-25(23)51-5)55(49,50)20-10-12-24(26(14-20)52-6)34-36-28-18(4)22(16-54(46,47)48)30(40)38(8-2)32(28)42;;/h9-14,39-40H,7-8,15-16H2,1-6H3,(H,43,44,45)(H,46,47,48);;/q;2*+1/p-2. The van der Waals surface area contributed by atoms with Crippen LogP contribution < -0.4 is 79.7 Å². The van der Waals surface area contributed by atoms with E-state index in [1.807, 2.05) is 0 Å². The summed E-state index contributed by atoms with van der Waals surface area (Å²) in [6.07, 6.45) is 0. The Morgan fingerprint density at radius 1 is 0.632 bits per heavy atom. The molecule has 0 aliphatic heterocycles. The molecule has 25 heteroatoms. The summed E-state index contributed by atoms with van der Waals surface area (Å²) < 4.78 is 109. The zero-order chi connectivity index (χ0) is 41.2. The zero-order valence-electron chi connectivity index (χ0n) is 32.0. The molecule has 4 aromatic rings. The summed E-state index contributed by atoms with van der Waals surface area (Å²) in [5.74, 6) is -3.86. The van der Waals surface area contributed by atoms with Gasteiger partial charge in [-0.05, 0) is 63.1 Å². The molecule has 57 heavy (non-hydrogen) atoms. The minimum Gasteiger partial charge on any atom is -0.748 e. The van der Waals surface area contributed by atoms with Crippen LogP contribution in [0.5, 0.6) is 23.3 Å². The maximum atomic E-state index is 13.7. The van der Waals surface area contributed by atoms with E-state index in [2.05, 4.69) is 20.5 Å². The number of rotatable bonds is 14. The van der Waals surface area contributed by atoms with Crippen LogP contribution in [-0.2, 0) is 54.7 Å². The van der Waals surface area contributed by atoms with Gasteiger partial charge in [0.1, 0.15) is 22.9 Å². The number of aromatic hydroxyl groups is 2. The van der Waals surface area contributed by atoms with Gasteiger partial charge in [0.2, 0.25) is 9.84 Å². The second-order valence-corrected chi connectivity index (χ2v) is 16.4. The summed E-state index contributed by atoms with van der Waals surface area (Å²) in [4.78, 5) is 25.5. The number of hydrogen-bond donors (Lipinski definition) is 2. The van der Waals surface area contributed by atoms with E-state index in [-0.39, 0.29) is 138 Å². The Kier molecular flexibility index (Phi) is 17.0. The number of hydrogen-bond acceptors (Lipinski definition) is 18. The number of aromatic nitrogens is 2. The van der Waals surface area contributed by atoms with Crippen molar-refractivity contribution in [2.45, 2.75) is 62.1 Å². The van der Waals surface area contributed by atoms with Gasteiger partial charge in [0.05, 0.1) is 55.8 Å². The molecule has 0 radical (unpaired) electrons. The predicted octanol–water partition coefficient (Wildman–Crippen LogP) is -2.14. The first-order valence-corrected chi connectivity index (χ1v) is 20.5. The number of nitrogens with zero attached hydrogens (tertiary/aromatic N) is 6. The molecule has 2 N–H and O–H groups in total. The quantitative estimate of drug-likeness (QED) is 0.0777. The monoisotopic (exact) mass is 868 g/mol. The van der Waals surface area contributed by atoms with Gasteiger partial charge in [-0.3, -0.25) is 18.7 Å². The van der Waals surface area contributed by atoms with Gasteiger partial charge in [0.25, 0.3) is 11.1 Å². The number of azo groups is 2. The van der Waals surface area contributed by atoms with Crippen LogP contribution in [-0.4, -0.2) is 67.9 Å². The Morgan fingerprint density at radius 3 is 1.25 bits per heavy atom. The number of pyridine rings is 2. The molecule has 0 saturated heterocycles. The normalized spacial score (nSPS) is 12.1. The Balaban J connectivity index is 0.00000561. The molecule has 0 bridgehead atoms.